The van der Waals surface area contributed by atoms with Gasteiger partial charge in [0.1, 0.15) is 0 Å². The summed E-state index contributed by atoms with van der Waals surface area (Å²) in [4.78, 5) is 11.9. The smallest absolute Gasteiger partial charge is 0.243 e. The number of rotatable bonds is 0. The van der Waals surface area contributed by atoms with E-state index in [1.54, 1.807) is 6.08 Å². The van der Waals surface area contributed by atoms with E-state index >= 15 is 0 Å². The van der Waals surface area contributed by atoms with Gasteiger partial charge in [0.05, 0.1) is 6.10 Å². The molecule has 2 N–H and O–H groups in total. The molecular formula is C18H29NO2. The number of carbonyl (C=O) groups excluding carboxylic acids is 1. The minimum Gasteiger partial charge on any atom is -0.389 e. The second-order valence-electron chi connectivity index (χ2n) is 6.93. The molecule has 1 amide bonds. The van der Waals surface area contributed by atoms with Crippen molar-refractivity contribution in [1.82, 2.24) is 5.32 Å². The maximum atomic E-state index is 11.9. The first-order valence-electron chi connectivity index (χ1n) is 8.32. The average molecular weight is 291 g/mol. The third-order valence-corrected chi connectivity index (χ3v) is 5.26. The van der Waals surface area contributed by atoms with Crippen LogP contribution in [0.5, 0.6) is 0 Å². The zero-order chi connectivity index (χ0) is 15.4. The fraction of sp³-hybridized carbons (Fsp3) is 0.722. The quantitative estimate of drug-likeness (QED) is 0.674. The van der Waals surface area contributed by atoms with E-state index in [1.165, 1.54) is 6.08 Å². The molecule has 1 aliphatic heterocycles. The number of amides is 1. The first-order valence-corrected chi connectivity index (χ1v) is 8.32. The third-order valence-electron chi connectivity index (χ3n) is 5.26. The Morgan fingerprint density at radius 2 is 2.00 bits per heavy atom. The highest BCUT2D eigenvalue weighted by Gasteiger charge is 2.40. The van der Waals surface area contributed by atoms with Crippen LogP contribution in [-0.2, 0) is 4.79 Å². The summed E-state index contributed by atoms with van der Waals surface area (Å²) in [5, 5.41) is 13.5. The first kappa shape index (κ1) is 16.3. The van der Waals surface area contributed by atoms with Gasteiger partial charge < -0.3 is 10.4 Å². The van der Waals surface area contributed by atoms with Crippen molar-refractivity contribution < 1.29 is 9.90 Å². The molecule has 1 saturated carbocycles. The van der Waals surface area contributed by atoms with Crippen LogP contribution in [0.25, 0.3) is 0 Å². The Bertz CT molecular complexity index is 415. The molecule has 1 heterocycles. The topological polar surface area (TPSA) is 49.3 Å². The predicted molar refractivity (Wildman–Crippen MR) is 85.7 cm³/mol. The van der Waals surface area contributed by atoms with Crippen LogP contribution in [0.15, 0.2) is 24.3 Å². The number of nitrogens with one attached hydrogen (secondary N) is 1. The van der Waals surface area contributed by atoms with Gasteiger partial charge in [-0.15, -0.1) is 0 Å². The van der Waals surface area contributed by atoms with Gasteiger partial charge in [-0.05, 0) is 56.3 Å². The summed E-state index contributed by atoms with van der Waals surface area (Å²) in [6, 6.07) is 0.187. The summed E-state index contributed by atoms with van der Waals surface area (Å²) in [7, 11) is 0. The molecule has 0 unspecified atom stereocenters. The second kappa shape index (κ2) is 7.26. The molecule has 0 spiro atoms. The van der Waals surface area contributed by atoms with E-state index in [0.29, 0.717) is 17.8 Å². The molecule has 0 aromatic carbocycles. The van der Waals surface area contributed by atoms with Gasteiger partial charge in [0, 0.05) is 12.1 Å². The summed E-state index contributed by atoms with van der Waals surface area (Å²) in [5.74, 6) is 1.65. The van der Waals surface area contributed by atoms with Crippen molar-refractivity contribution >= 4 is 5.91 Å². The van der Waals surface area contributed by atoms with Crippen molar-refractivity contribution in [3.8, 4) is 0 Å². The normalized spacial score (nSPS) is 44.7. The van der Waals surface area contributed by atoms with Crippen molar-refractivity contribution in [2.24, 2.45) is 23.7 Å². The molecule has 2 rings (SSSR count). The van der Waals surface area contributed by atoms with Crippen molar-refractivity contribution in [1.29, 1.82) is 0 Å². The molecule has 6 atom stereocenters. The molecule has 3 heteroatoms. The summed E-state index contributed by atoms with van der Waals surface area (Å²) < 4.78 is 0. The first-order chi connectivity index (χ1) is 9.99. The van der Waals surface area contributed by atoms with Crippen molar-refractivity contribution in [2.75, 3.05) is 0 Å². The number of aliphatic hydroxyl groups is 1. The maximum absolute atomic E-state index is 11.9. The van der Waals surface area contributed by atoms with Crippen LogP contribution < -0.4 is 5.32 Å². The molecule has 1 fully saturated rings. The lowest BCUT2D eigenvalue weighted by atomic mass is 9.83. The number of aliphatic hydroxyl groups excluding tert-OH is 1. The average Bonchev–Trinajstić information content (AvgIpc) is 2.70. The van der Waals surface area contributed by atoms with Gasteiger partial charge in [0.15, 0.2) is 0 Å². The molecule has 0 radical (unpaired) electrons. The fourth-order valence-corrected chi connectivity index (χ4v) is 3.83. The van der Waals surface area contributed by atoms with Gasteiger partial charge in [0.25, 0.3) is 0 Å². The Kier molecular flexibility index (Phi) is 5.63. The minimum atomic E-state index is -0.540. The zero-order valence-electron chi connectivity index (χ0n) is 13.5. The van der Waals surface area contributed by atoms with E-state index < -0.39 is 6.10 Å². The van der Waals surface area contributed by atoms with Crippen LogP contribution in [-0.4, -0.2) is 23.2 Å². The molecule has 118 valence electrons. The molecule has 21 heavy (non-hydrogen) atoms. The number of hydrogen-bond acceptors (Lipinski definition) is 2. The minimum absolute atomic E-state index is 0.0935. The second-order valence-corrected chi connectivity index (χ2v) is 6.93. The van der Waals surface area contributed by atoms with Gasteiger partial charge >= 0.3 is 0 Å². The van der Waals surface area contributed by atoms with Gasteiger partial charge in [-0.3, -0.25) is 4.79 Å². The van der Waals surface area contributed by atoms with E-state index in [1.807, 2.05) is 6.92 Å². The summed E-state index contributed by atoms with van der Waals surface area (Å²) in [6.45, 7) is 6.52. The van der Waals surface area contributed by atoms with Gasteiger partial charge in [-0.2, -0.15) is 0 Å². The SMILES string of the molecule is C[C@@H]1[C@H]2[C@H](O)/C=C/C(=O)N[C@@H](C)CCC/C=C/[C@@H]2C[C@@H]1C. The molecule has 2 aliphatic rings. The monoisotopic (exact) mass is 291 g/mol. The standard InChI is InChI=1S/C18H29NO2/c1-12-11-15-8-6-4-5-7-13(2)19-17(21)10-9-16(20)18(15)14(12)3/h6,8-10,12-16,18,20H,4-5,7,11H2,1-3H3,(H,19,21)/b8-6+,10-9+/t12-,13-,14-,15+,16+,18+/m0/s1. The highest BCUT2D eigenvalue weighted by molar-refractivity contribution is 5.87. The Morgan fingerprint density at radius 3 is 2.76 bits per heavy atom. The maximum Gasteiger partial charge on any atom is 0.243 e. The Hall–Kier alpha value is -1.09. The highest BCUT2D eigenvalue weighted by Crippen LogP contribution is 2.44. The summed E-state index contributed by atoms with van der Waals surface area (Å²) in [6.07, 6.45) is 11.5. The lowest BCUT2D eigenvalue weighted by molar-refractivity contribution is -0.117. The number of fused-ring (bicyclic) bond motifs is 1. The van der Waals surface area contributed by atoms with E-state index in [0.717, 1.165) is 25.7 Å². The van der Waals surface area contributed by atoms with Crippen molar-refractivity contribution in [2.45, 2.75) is 58.6 Å². The van der Waals surface area contributed by atoms with Crippen LogP contribution in [0, 0.1) is 23.7 Å². The third kappa shape index (κ3) is 4.19. The predicted octanol–water partition coefficient (Wildman–Crippen LogP) is 3.06. The molecule has 1 aliphatic carbocycles. The summed E-state index contributed by atoms with van der Waals surface area (Å²) >= 11 is 0. The Labute approximate surface area is 128 Å². The fourth-order valence-electron chi connectivity index (χ4n) is 3.83. The van der Waals surface area contributed by atoms with Crippen LogP contribution >= 0.6 is 0 Å². The lowest BCUT2D eigenvalue weighted by Crippen LogP contribution is -2.31. The molecular weight excluding hydrogens is 262 g/mol. The number of carbonyl (C=O) groups is 1. The van der Waals surface area contributed by atoms with Crippen molar-refractivity contribution in [3.63, 3.8) is 0 Å². The highest BCUT2D eigenvalue weighted by atomic mass is 16.3. The molecule has 0 aromatic rings. The Balaban J connectivity index is 2.17. The molecule has 0 bridgehead atoms. The van der Waals surface area contributed by atoms with E-state index in [-0.39, 0.29) is 17.9 Å². The summed E-state index contributed by atoms with van der Waals surface area (Å²) in [5.41, 5.74) is 0. The Morgan fingerprint density at radius 1 is 1.24 bits per heavy atom. The van der Waals surface area contributed by atoms with E-state index in [4.69, 9.17) is 0 Å². The zero-order valence-corrected chi connectivity index (χ0v) is 13.5. The van der Waals surface area contributed by atoms with Crippen LogP contribution in [0.2, 0.25) is 0 Å². The lowest BCUT2D eigenvalue weighted by Gasteiger charge is -2.25. The molecule has 0 aromatic heterocycles. The largest absolute Gasteiger partial charge is 0.389 e. The van der Waals surface area contributed by atoms with Crippen molar-refractivity contribution in [3.05, 3.63) is 24.3 Å². The van der Waals surface area contributed by atoms with Crippen LogP contribution in [0.1, 0.15) is 46.5 Å². The molecule has 0 saturated heterocycles. The van der Waals surface area contributed by atoms with Gasteiger partial charge in [0.2, 0.25) is 5.91 Å². The number of hydrogen-bond donors (Lipinski definition) is 2. The number of allylic oxidation sites excluding steroid dienone is 2. The van der Waals surface area contributed by atoms with E-state index in [2.05, 4.69) is 31.3 Å². The molecule has 3 nitrogen and oxygen atoms in total. The van der Waals surface area contributed by atoms with Crippen LogP contribution in [0.4, 0.5) is 0 Å². The van der Waals surface area contributed by atoms with Gasteiger partial charge in [-0.1, -0.05) is 32.1 Å². The van der Waals surface area contributed by atoms with Gasteiger partial charge in [-0.25, -0.2) is 0 Å². The van der Waals surface area contributed by atoms with E-state index in [9.17, 15) is 9.90 Å². The van der Waals surface area contributed by atoms with Crippen LogP contribution in [0.3, 0.4) is 0 Å².